The molecule has 0 unspecified atom stereocenters. The molecule has 2 saturated heterocycles. The van der Waals surface area contributed by atoms with Gasteiger partial charge in [0.25, 0.3) is 0 Å². The minimum atomic E-state index is -0.347. The second-order valence-electron chi connectivity index (χ2n) is 4.05. The number of hydrogen-bond acceptors (Lipinski definition) is 3. The average molecular weight is 183 g/mol. The fourth-order valence-electron chi connectivity index (χ4n) is 2.24. The van der Waals surface area contributed by atoms with E-state index in [4.69, 9.17) is 5.73 Å². The summed E-state index contributed by atoms with van der Waals surface area (Å²) in [5.74, 6) is -0.159. The first-order valence-electron chi connectivity index (χ1n) is 5.01. The van der Waals surface area contributed by atoms with Crippen molar-refractivity contribution in [3.05, 3.63) is 0 Å². The molecule has 0 aromatic carbocycles. The van der Waals surface area contributed by atoms with Gasteiger partial charge in [-0.2, -0.15) is 0 Å². The molecule has 0 aliphatic carbocycles. The zero-order valence-electron chi connectivity index (χ0n) is 7.88. The predicted molar refractivity (Wildman–Crippen MR) is 50.2 cm³/mol. The van der Waals surface area contributed by atoms with Gasteiger partial charge in [-0.05, 0) is 25.9 Å². The fraction of sp³-hybridized carbons (Fsp3) is 0.889. The molecule has 0 radical (unpaired) electrons. The Hall–Kier alpha value is -0.610. The van der Waals surface area contributed by atoms with E-state index in [9.17, 15) is 4.79 Å². The number of hydrogen-bond donors (Lipinski definition) is 2. The van der Waals surface area contributed by atoms with Crippen molar-refractivity contribution in [1.82, 2.24) is 10.2 Å². The molecular weight excluding hydrogens is 166 g/mol. The Morgan fingerprint density at radius 3 is 2.23 bits per heavy atom. The maximum Gasteiger partial charge on any atom is 0.240 e. The number of nitrogens with two attached hydrogens (primary N) is 1. The molecule has 0 spiro atoms. The first kappa shape index (κ1) is 8.97. The first-order chi connectivity index (χ1) is 6.26. The smallest absolute Gasteiger partial charge is 0.240 e. The van der Waals surface area contributed by atoms with Crippen molar-refractivity contribution in [2.24, 2.45) is 5.73 Å². The third-order valence-electron chi connectivity index (χ3n) is 3.25. The van der Waals surface area contributed by atoms with Crippen molar-refractivity contribution in [3.63, 3.8) is 0 Å². The Balaban J connectivity index is 2.06. The third-order valence-corrected chi connectivity index (χ3v) is 3.25. The lowest BCUT2D eigenvalue weighted by Gasteiger charge is -2.49. The number of nitrogens with zero attached hydrogens (tertiary/aromatic N) is 1. The van der Waals surface area contributed by atoms with E-state index in [2.05, 4.69) is 10.2 Å². The van der Waals surface area contributed by atoms with Crippen LogP contribution in [0, 0.1) is 0 Å². The van der Waals surface area contributed by atoms with Crippen LogP contribution in [0.5, 0.6) is 0 Å². The molecule has 4 nitrogen and oxygen atoms in total. The minimum absolute atomic E-state index is 0.159. The molecule has 0 bridgehead atoms. The highest BCUT2D eigenvalue weighted by Crippen LogP contribution is 2.24. The third kappa shape index (κ3) is 1.34. The molecule has 2 aliphatic heterocycles. The standard InChI is InChI=1S/C9H17N3O/c10-8(13)9(6-11-7-9)12-4-2-1-3-5-12/h11H,1-7H2,(H2,10,13). The van der Waals surface area contributed by atoms with Crippen LogP contribution in [0.2, 0.25) is 0 Å². The molecule has 2 aliphatic rings. The van der Waals surface area contributed by atoms with Crippen molar-refractivity contribution in [2.45, 2.75) is 24.8 Å². The normalized spacial score (nSPS) is 28.0. The Bertz CT molecular complexity index is 207. The Morgan fingerprint density at radius 2 is 1.85 bits per heavy atom. The summed E-state index contributed by atoms with van der Waals surface area (Å²) in [7, 11) is 0. The highest BCUT2D eigenvalue weighted by Gasteiger charge is 2.47. The van der Waals surface area contributed by atoms with Crippen LogP contribution in [0.1, 0.15) is 19.3 Å². The number of carbonyl (C=O) groups excluding carboxylic acids is 1. The number of primary amides is 1. The second-order valence-corrected chi connectivity index (χ2v) is 4.05. The van der Waals surface area contributed by atoms with Gasteiger partial charge in [-0.1, -0.05) is 6.42 Å². The molecule has 74 valence electrons. The number of likely N-dealkylation sites (tertiary alicyclic amines) is 1. The zero-order chi connectivity index (χ0) is 9.31. The average Bonchev–Trinajstić information content (AvgIpc) is 2.03. The maximum atomic E-state index is 11.3. The lowest BCUT2D eigenvalue weighted by atomic mass is 9.87. The highest BCUT2D eigenvalue weighted by atomic mass is 16.2. The number of carbonyl (C=O) groups is 1. The Labute approximate surface area is 78.5 Å². The quantitative estimate of drug-likeness (QED) is 0.595. The Kier molecular flexibility index (Phi) is 2.26. The fourth-order valence-corrected chi connectivity index (χ4v) is 2.24. The molecule has 4 heteroatoms. The molecule has 13 heavy (non-hydrogen) atoms. The lowest BCUT2D eigenvalue weighted by molar-refractivity contribution is -0.134. The first-order valence-corrected chi connectivity index (χ1v) is 5.01. The summed E-state index contributed by atoms with van der Waals surface area (Å²) in [5, 5.41) is 3.14. The van der Waals surface area contributed by atoms with Crippen molar-refractivity contribution in [2.75, 3.05) is 26.2 Å². The summed E-state index contributed by atoms with van der Waals surface area (Å²) >= 11 is 0. The molecule has 1 amide bonds. The number of nitrogens with one attached hydrogen (secondary N) is 1. The largest absolute Gasteiger partial charge is 0.368 e. The van der Waals surface area contributed by atoms with Crippen molar-refractivity contribution in [1.29, 1.82) is 0 Å². The van der Waals surface area contributed by atoms with Crippen LogP contribution in [-0.2, 0) is 4.79 Å². The molecule has 2 heterocycles. The van der Waals surface area contributed by atoms with E-state index in [0.29, 0.717) is 0 Å². The lowest BCUT2D eigenvalue weighted by Crippen LogP contribution is -2.75. The van der Waals surface area contributed by atoms with E-state index in [-0.39, 0.29) is 11.4 Å². The van der Waals surface area contributed by atoms with Gasteiger partial charge in [-0.15, -0.1) is 0 Å². The monoisotopic (exact) mass is 183 g/mol. The van der Waals surface area contributed by atoms with Crippen LogP contribution >= 0.6 is 0 Å². The van der Waals surface area contributed by atoms with Gasteiger partial charge in [0.1, 0.15) is 5.54 Å². The van der Waals surface area contributed by atoms with Gasteiger partial charge < -0.3 is 11.1 Å². The highest BCUT2D eigenvalue weighted by molar-refractivity contribution is 5.86. The minimum Gasteiger partial charge on any atom is -0.368 e. The molecular formula is C9H17N3O. The number of piperidine rings is 1. The summed E-state index contributed by atoms with van der Waals surface area (Å²) in [6, 6.07) is 0. The van der Waals surface area contributed by atoms with E-state index in [1.165, 1.54) is 19.3 Å². The van der Waals surface area contributed by atoms with E-state index in [1.807, 2.05) is 0 Å². The number of rotatable bonds is 2. The summed E-state index contributed by atoms with van der Waals surface area (Å²) in [4.78, 5) is 13.6. The van der Waals surface area contributed by atoms with E-state index < -0.39 is 0 Å². The van der Waals surface area contributed by atoms with Crippen molar-refractivity contribution in [3.8, 4) is 0 Å². The topological polar surface area (TPSA) is 58.4 Å². The van der Waals surface area contributed by atoms with Crippen LogP contribution in [0.4, 0.5) is 0 Å². The molecule has 0 saturated carbocycles. The van der Waals surface area contributed by atoms with Gasteiger partial charge in [0.2, 0.25) is 5.91 Å². The van der Waals surface area contributed by atoms with Gasteiger partial charge >= 0.3 is 0 Å². The summed E-state index contributed by atoms with van der Waals surface area (Å²) in [6.07, 6.45) is 3.70. The molecule has 0 aromatic rings. The Morgan fingerprint density at radius 1 is 1.23 bits per heavy atom. The van der Waals surface area contributed by atoms with Gasteiger partial charge in [-0.3, -0.25) is 9.69 Å². The molecule has 2 fully saturated rings. The van der Waals surface area contributed by atoms with Crippen LogP contribution in [0.25, 0.3) is 0 Å². The van der Waals surface area contributed by atoms with E-state index in [1.54, 1.807) is 0 Å². The maximum absolute atomic E-state index is 11.3. The van der Waals surface area contributed by atoms with Gasteiger partial charge in [0.15, 0.2) is 0 Å². The SMILES string of the molecule is NC(=O)C1(N2CCCCC2)CNC1. The molecule has 0 aromatic heterocycles. The molecule has 0 atom stereocenters. The summed E-state index contributed by atoms with van der Waals surface area (Å²) < 4.78 is 0. The van der Waals surface area contributed by atoms with Crippen LogP contribution in [0.3, 0.4) is 0 Å². The zero-order valence-corrected chi connectivity index (χ0v) is 7.88. The van der Waals surface area contributed by atoms with Crippen LogP contribution in [0.15, 0.2) is 0 Å². The van der Waals surface area contributed by atoms with Crippen molar-refractivity contribution < 1.29 is 4.79 Å². The van der Waals surface area contributed by atoms with E-state index >= 15 is 0 Å². The molecule has 3 N–H and O–H groups in total. The summed E-state index contributed by atoms with van der Waals surface area (Å²) in [6.45, 7) is 3.54. The summed E-state index contributed by atoms with van der Waals surface area (Å²) in [5.41, 5.74) is 5.10. The van der Waals surface area contributed by atoms with E-state index in [0.717, 1.165) is 26.2 Å². The second kappa shape index (κ2) is 3.27. The van der Waals surface area contributed by atoms with Crippen LogP contribution in [-0.4, -0.2) is 42.5 Å². The molecule has 2 rings (SSSR count). The van der Waals surface area contributed by atoms with Crippen molar-refractivity contribution >= 4 is 5.91 Å². The van der Waals surface area contributed by atoms with Crippen LogP contribution < -0.4 is 11.1 Å². The van der Waals surface area contributed by atoms with Gasteiger partial charge in [-0.25, -0.2) is 0 Å². The van der Waals surface area contributed by atoms with Gasteiger partial charge in [0, 0.05) is 13.1 Å². The number of amides is 1. The van der Waals surface area contributed by atoms with Gasteiger partial charge in [0.05, 0.1) is 0 Å². The predicted octanol–water partition coefficient (Wildman–Crippen LogP) is -0.700.